The maximum absolute atomic E-state index is 12.1. The molecule has 0 amide bonds. The smallest absolute Gasteiger partial charge is 0.266 e. The highest BCUT2D eigenvalue weighted by molar-refractivity contribution is 5.75. The van der Waals surface area contributed by atoms with Gasteiger partial charge in [0.2, 0.25) is 0 Å². The molecule has 5 nitrogen and oxygen atoms in total. The van der Waals surface area contributed by atoms with Crippen LogP contribution in [0.5, 0.6) is 5.75 Å². The minimum atomic E-state index is -0.361. The van der Waals surface area contributed by atoms with Crippen molar-refractivity contribution in [3.05, 3.63) is 51.9 Å². The fourth-order valence-electron chi connectivity index (χ4n) is 3.29. The Hall–Kier alpha value is -2.58. The Morgan fingerprint density at radius 2 is 1.96 bits per heavy atom. The molecule has 1 fully saturated rings. The van der Waals surface area contributed by atoms with E-state index in [9.17, 15) is 10.1 Å². The molecule has 5 heteroatoms. The van der Waals surface area contributed by atoms with Crippen molar-refractivity contribution in [2.45, 2.75) is 26.2 Å². The summed E-state index contributed by atoms with van der Waals surface area (Å²) in [6.07, 6.45) is 3.83. The monoisotopic (exact) mass is 337 g/mol. The third-order valence-electron chi connectivity index (χ3n) is 4.57. The van der Waals surface area contributed by atoms with Crippen molar-refractivity contribution < 1.29 is 4.74 Å². The molecule has 0 atom stereocenters. The van der Waals surface area contributed by atoms with Crippen LogP contribution >= 0.6 is 0 Å². The molecule has 1 aromatic heterocycles. The summed E-state index contributed by atoms with van der Waals surface area (Å²) in [5.74, 6) is 0.709. The van der Waals surface area contributed by atoms with Crippen molar-refractivity contribution in [1.82, 2.24) is 9.88 Å². The number of nitrogens with zero attached hydrogens (tertiary/aromatic N) is 2. The second kappa shape index (κ2) is 8.00. The number of H-pyrrole nitrogens is 1. The number of likely N-dealkylation sites (tertiary alicyclic amines) is 1. The van der Waals surface area contributed by atoms with Crippen LogP contribution in [0.1, 0.15) is 30.5 Å². The Labute approximate surface area is 147 Å². The number of pyridine rings is 1. The van der Waals surface area contributed by atoms with E-state index in [1.54, 1.807) is 0 Å². The lowest BCUT2D eigenvalue weighted by Gasteiger charge is -2.26. The summed E-state index contributed by atoms with van der Waals surface area (Å²) in [5.41, 5.74) is 1.89. The fraction of sp³-hybridized carbons (Fsp3) is 0.400. The first-order valence-electron chi connectivity index (χ1n) is 8.77. The Kier molecular flexibility index (Phi) is 5.52. The lowest BCUT2D eigenvalue weighted by molar-refractivity contribution is 0.183. The van der Waals surface area contributed by atoms with E-state index in [1.807, 2.05) is 43.3 Å². The minimum absolute atomic E-state index is 0.123. The molecular weight excluding hydrogens is 314 g/mol. The highest BCUT2D eigenvalue weighted by Gasteiger charge is 2.15. The number of hydrogen-bond acceptors (Lipinski definition) is 4. The number of hydrogen-bond donors (Lipinski definition) is 1. The third kappa shape index (κ3) is 4.09. The predicted molar refractivity (Wildman–Crippen MR) is 97.7 cm³/mol. The Bertz CT molecular complexity index is 830. The van der Waals surface area contributed by atoms with Crippen LogP contribution in [0.4, 0.5) is 0 Å². The van der Waals surface area contributed by atoms with Gasteiger partial charge in [-0.1, -0.05) is 24.6 Å². The molecule has 0 spiro atoms. The maximum atomic E-state index is 12.1. The lowest BCUT2D eigenvalue weighted by atomic mass is 10.00. The summed E-state index contributed by atoms with van der Waals surface area (Å²) in [7, 11) is 0. The fourth-order valence-corrected chi connectivity index (χ4v) is 3.29. The standard InChI is InChI=1S/C20H23N3O2/c1-15-13-17(18(14-21)20(24)22-15)16-7-3-4-8-19(16)25-12-11-23-9-5-2-6-10-23/h3-4,7-8,13H,2,5-6,9-12H2,1H3,(H,22,24). The summed E-state index contributed by atoms with van der Waals surface area (Å²) < 4.78 is 6.01. The van der Waals surface area contributed by atoms with E-state index < -0.39 is 0 Å². The molecule has 25 heavy (non-hydrogen) atoms. The van der Waals surface area contributed by atoms with Crippen LogP contribution in [0.2, 0.25) is 0 Å². The SMILES string of the molecule is Cc1cc(-c2ccccc2OCCN2CCCCC2)c(C#N)c(=O)[nH]1. The molecule has 3 rings (SSSR count). The van der Waals surface area contributed by atoms with Crippen LogP contribution in [0.25, 0.3) is 11.1 Å². The number of rotatable bonds is 5. The van der Waals surface area contributed by atoms with Crippen molar-refractivity contribution in [3.8, 4) is 22.9 Å². The first-order valence-corrected chi connectivity index (χ1v) is 8.77. The number of nitrogens with one attached hydrogen (secondary N) is 1. The molecular formula is C20H23N3O2. The van der Waals surface area contributed by atoms with Gasteiger partial charge in [0.1, 0.15) is 24.0 Å². The van der Waals surface area contributed by atoms with Crippen molar-refractivity contribution in [2.75, 3.05) is 26.2 Å². The van der Waals surface area contributed by atoms with Gasteiger partial charge in [0.25, 0.3) is 5.56 Å². The Balaban J connectivity index is 1.82. The molecule has 130 valence electrons. The number of benzene rings is 1. The number of para-hydroxylation sites is 1. The van der Waals surface area contributed by atoms with E-state index in [1.165, 1.54) is 19.3 Å². The quantitative estimate of drug-likeness (QED) is 0.910. The summed E-state index contributed by atoms with van der Waals surface area (Å²) in [4.78, 5) is 17.2. The molecule has 1 aromatic carbocycles. The van der Waals surface area contributed by atoms with Crippen LogP contribution in [0.15, 0.2) is 35.1 Å². The van der Waals surface area contributed by atoms with E-state index in [4.69, 9.17) is 4.74 Å². The molecule has 2 heterocycles. The zero-order valence-electron chi connectivity index (χ0n) is 14.5. The van der Waals surface area contributed by atoms with E-state index in [0.717, 1.165) is 30.9 Å². The van der Waals surface area contributed by atoms with E-state index in [2.05, 4.69) is 9.88 Å². The van der Waals surface area contributed by atoms with Crippen molar-refractivity contribution in [3.63, 3.8) is 0 Å². The highest BCUT2D eigenvalue weighted by atomic mass is 16.5. The molecule has 0 unspecified atom stereocenters. The van der Waals surface area contributed by atoms with Crippen LogP contribution in [0, 0.1) is 18.3 Å². The number of ether oxygens (including phenoxy) is 1. The lowest BCUT2D eigenvalue weighted by Crippen LogP contribution is -2.33. The molecule has 0 radical (unpaired) electrons. The second-order valence-corrected chi connectivity index (χ2v) is 6.43. The molecule has 1 aliphatic heterocycles. The normalized spacial score (nSPS) is 14.9. The highest BCUT2D eigenvalue weighted by Crippen LogP contribution is 2.31. The summed E-state index contributed by atoms with van der Waals surface area (Å²) in [6.45, 7) is 5.58. The maximum Gasteiger partial charge on any atom is 0.266 e. The summed E-state index contributed by atoms with van der Waals surface area (Å²) in [6, 6.07) is 11.4. The number of aryl methyl sites for hydroxylation is 1. The van der Waals surface area contributed by atoms with Gasteiger partial charge in [0.15, 0.2) is 0 Å². The van der Waals surface area contributed by atoms with Gasteiger partial charge in [-0.2, -0.15) is 5.26 Å². The molecule has 1 aliphatic rings. The van der Waals surface area contributed by atoms with Gasteiger partial charge in [-0.3, -0.25) is 9.69 Å². The van der Waals surface area contributed by atoms with E-state index >= 15 is 0 Å². The average Bonchev–Trinajstić information content (AvgIpc) is 2.62. The van der Waals surface area contributed by atoms with Gasteiger partial charge >= 0.3 is 0 Å². The second-order valence-electron chi connectivity index (χ2n) is 6.43. The molecule has 1 N–H and O–H groups in total. The van der Waals surface area contributed by atoms with Crippen molar-refractivity contribution >= 4 is 0 Å². The molecule has 0 bridgehead atoms. The zero-order valence-corrected chi connectivity index (χ0v) is 14.5. The minimum Gasteiger partial charge on any atom is -0.492 e. The molecule has 0 saturated carbocycles. The Morgan fingerprint density at radius 1 is 1.20 bits per heavy atom. The average molecular weight is 337 g/mol. The first-order chi connectivity index (χ1) is 12.2. The first kappa shape index (κ1) is 17.2. The van der Waals surface area contributed by atoms with Gasteiger partial charge in [-0.25, -0.2) is 0 Å². The van der Waals surface area contributed by atoms with Gasteiger partial charge in [0, 0.05) is 23.4 Å². The van der Waals surface area contributed by atoms with Crippen LogP contribution in [-0.4, -0.2) is 36.1 Å². The number of piperidine rings is 1. The van der Waals surface area contributed by atoms with Gasteiger partial charge in [0.05, 0.1) is 0 Å². The van der Waals surface area contributed by atoms with Gasteiger partial charge < -0.3 is 9.72 Å². The molecule has 2 aromatic rings. The van der Waals surface area contributed by atoms with Crippen LogP contribution in [-0.2, 0) is 0 Å². The van der Waals surface area contributed by atoms with Crippen LogP contribution in [0.3, 0.4) is 0 Å². The van der Waals surface area contributed by atoms with Gasteiger partial charge in [-0.15, -0.1) is 0 Å². The van der Waals surface area contributed by atoms with Crippen molar-refractivity contribution in [2.24, 2.45) is 0 Å². The van der Waals surface area contributed by atoms with Gasteiger partial charge in [-0.05, 0) is 45.0 Å². The third-order valence-corrected chi connectivity index (χ3v) is 4.57. The number of nitriles is 1. The predicted octanol–water partition coefficient (Wildman–Crippen LogP) is 3.09. The summed E-state index contributed by atoms with van der Waals surface area (Å²) >= 11 is 0. The topological polar surface area (TPSA) is 69.1 Å². The molecule has 0 aliphatic carbocycles. The van der Waals surface area contributed by atoms with Crippen molar-refractivity contribution in [1.29, 1.82) is 5.26 Å². The number of aromatic amines is 1. The van der Waals surface area contributed by atoms with Crippen LogP contribution < -0.4 is 10.3 Å². The van der Waals surface area contributed by atoms with E-state index in [0.29, 0.717) is 17.9 Å². The number of aromatic nitrogens is 1. The zero-order chi connectivity index (χ0) is 17.6. The largest absolute Gasteiger partial charge is 0.492 e. The Morgan fingerprint density at radius 3 is 2.72 bits per heavy atom. The van der Waals surface area contributed by atoms with E-state index in [-0.39, 0.29) is 11.1 Å². The molecule has 1 saturated heterocycles. The summed E-state index contributed by atoms with van der Waals surface area (Å²) in [5, 5.41) is 9.37.